The maximum Gasteiger partial charge on any atom is 0.262 e. The molecule has 0 saturated carbocycles. The van der Waals surface area contributed by atoms with Gasteiger partial charge >= 0.3 is 0 Å². The van der Waals surface area contributed by atoms with E-state index in [1.54, 1.807) is 19.2 Å². The number of carbonyl (C=O) groups excluding carboxylic acids is 1. The monoisotopic (exact) mass is 488 g/mol. The van der Waals surface area contributed by atoms with E-state index in [9.17, 15) is 4.79 Å². The van der Waals surface area contributed by atoms with Crippen LogP contribution in [0.15, 0.2) is 65.1 Å². The van der Waals surface area contributed by atoms with E-state index in [0.29, 0.717) is 23.7 Å². The van der Waals surface area contributed by atoms with E-state index >= 15 is 0 Å². The van der Waals surface area contributed by atoms with Crippen LogP contribution in [0.25, 0.3) is 0 Å². The van der Waals surface area contributed by atoms with Crippen LogP contribution < -0.4 is 20.1 Å². The first kappa shape index (κ1) is 22.0. The highest BCUT2D eigenvalue weighted by Gasteiger charge is 2.10. The Hall–Kier alpha value is -2.70. The number of amides is 1. The molecule has 0 aliphatic heterocycles. The molecule has 0 unspecified atom stereocenters. The van der Waals surface area contributed by atoms with Crippen LogP contribution in [0, 0.1) is 6.92 Å². The second-order valence-corrected chi connectivity index (χ2v) is 7.88. The van der Waals surface area contributed by atoms with Crippen LogP contribution in [0.2, 0.25) is 5.02 Å². The molecule has 7 heteroatoms. The fraction of sp³-hybridized carbons (Fsp3) is 0.174. The largest absolute Gasteiger partial charge is 0.495 e. The summed E-state index contributed by atoms with van der Waals surface area (Å²) in [5, 5.41) is 6.86. The van der Waals surface area contributed by atoms with Gasteiger partial charge in [0.15, 0.2) is 6.61 Å². The standard InChI is InChI=1S/C23H22BrClN2O3/c1-15-7-9-17(12-19(15)25)26-13-16-8-10-21(18(24)11-16)30-14-23(28)27-20-5-3-4-6-22(20)29-2/h3-12,26H,13-14H2,1-2H3,(H,27,28). The summed E-state index contributed by atoms with van der Waals surface area (Å²) in [5.41, 5.74) is 3.66. The number of hydrogen-bond donors (Lipinski definition) is 2. The highest BCUT2D eigenvalue weighted by atomic mass is 79.9. The SMILES string of the molecule is COc1ccccc1NC(=O)COc1ccc(CNc2ccc(C)c(Cl)c2)cc1Br. The van der Waals surface area contributed by atoms with E-state index in [0.717, 1.165) is 26.3 Å². The van der Waals surface area contributed by atoms with Gasteiger partial charge in [0.1, 0.15) is 11.5 Å². The third-order valence-electron chi connectivity index (χ3n) is 4.40. The number of aryl methyl sites for hydroxylation is 1. The van der Waals surface area contributed by atoms with Gasteiger partial charge in [-0.25, -0.2) is 0 Å². The van der Waals surface area contributed by atoms with Crippen LogP contribution in [-0.4, -0.2) is 19.6 Å². The van der Waals surface area contributed by atoms with Crippen LogP contribution in [0.4, 0.5) is 11.4 Å². The topological polar surface area (TPSA) is 59.6 Å². The summed E-state index contributed by atoms with van der Waals surface area (Å²) in [5.74, 6) is 0.916. The quantitative estimate of drug-likeness (QED) is 0.404. The van der Waals surface area contributed by atoms with Crippen LogP contribution in [0.3, 0.4) is 0 Å². The van der Waals surface area contributed by atoms with Gasteiger partial charge in [-0.1, -0.05) is 35.9 Å². The summed E-state index contributed by atoms with van der Waals surface area (Å²) < 4.78 is 11.7. The van der Waals surface area contributed by atoms with Gasteiger partial charge < -0.3 is 20.1 Å². The molecular weight excluding hydrogens is 468 g/mol. The van der Waals surface area contributed by atoms with Crippen molar-refractivity contribution in [3.63, 3.8) is 0 Å². The molecule has 0 bridgehead atoms. The van der Waals surface area contributed by atoms with Gasteiger partial charge in [-0.2, -0.15) is 0 Å². The molecule has 30 heavy (non-hydrogen) atoms. The third-order valence-corrected chi connectivity index (χ3v) is 5.43. The van der Waals surface area contributed by atoms with Crippen LogP contribution in [0.5, 0.6) is 11.5 Å². The first-order valence-corrected chi connectivity index (χ1v) is 10.5. The van der Waals surface area contributed by atoms with Crippen LogP contribution in [-0.2, 0) is 11.3 Å². The molecular formula is C23H22BrClN2O3. The Balaban J connectivity index is 1.54. The highest BCUT2D eigenvalue weighted by Crippen LogP contribution is 2.27. The molecule has 5 nitrogen and oxygen atoms in total. The maximum atomic E-state index is 12.2. The van der Waals surface area contributed by atoms with E-state index in [-0.39, 0.29) is 12.5 Å². The number of ether oxygens (including phenoxy) is 2. The zero-order valence-electron chi connectivity index (χ0n) is 16.7. The van der Waals surface area contributed by atoms with Crippen molar-refractivity contribution in [2.75, 3.05) is 24.4 Å². The van der Waals surface area contributed by atoms with E-state index < -0.39 is 0 Å². The number of nitrogens with one attached hydrogen (secondary N) is 2. The first-order chi connectivity index (χ1) is 14.5. The molecule has 3 rings (SSSR count). The van der Waals surface area contributed by atoms with Gasteiger partial charge in [0.2, 0.25) is 0 Å². The molecule has 0 aromatic heterocycles. The van der Waals surface area contributed by atoms with Gasteiger partial charge in [-0.3, -0.25) is 4.79 Å². The van der Waals surface area contributed by atoms with Crippen molar-refractivity contribution in [2.45, 2.75) is 13.5 Å². The molecule has 0 saturated heterocycles. The molecule has 0 aliphatic carbocycles. The van der Waals surface area contributed by atoms with Gasteiger partial charge in [0.05, 0.1) is 17.3 Å². The van der Waals surface area contributed by atoms with Gasteiger partial charge in [-0.05, 0) is 70.4 Å². The lowest BCUT2D eigenvalue weighted by atomic mass is 10.2. The Labute approximate surface area is 189 Å². The molecule has 2 N–H and O–H groups in total. The van der Waals surface area contributed by atoms with Crippen molar-refractivity contribution in [1.82, 2.24) is 0 Å². The Morgan fingerprint density at radius 1 is 1.07 bits per heavy atom. The number of benzene rings is 3. The second-order valence-electron chi connectivity index (χ2n) is 6.62. The summed E-state index contributed by atoms with van der Waals surface area (Å²) >= 11 is 9.67. The molecule has 0 atom stereocenters. The van der Waals surface area contributed by atoms with Crippen molar-refractivity contribution in [3.8, 4) is 11.5 Å². The summed E-state index contributed by atoms with van der Waals surface area (Å²) in [7, 11) is 1.56. The molecule has 1 amide bonds. The van der Waals surface area contributed by atoms with Crippen molar-refractivity contribution in [3.05, 3.63) is 81.3 Å². The summed E-state index contributed by atoms with van der Waals surface area (Å²) in [6, 6.07) is 18.8. The first-order valence-electron chi connectivity index (χ1n) is 9.30. The highest BCUT2D eigenvalue weighted by molar-refractivity contribution is 9.10. The predicted octanol–water partition coefficient (Wildman–Crippen LogP) is 6.05. The zero-order valence-corrected chi connectivity index (χ0v) is 19.0. The van der Waals surface area contributed by atoms with Gasteiger partial charge in [0, 0.05) is 17.3 Å². The molecule has 0 spiro atoms. The summed E-state index contributed by atoms with van der Waals surface area (Å²) in [6.45, 7) is 2.49. The average Bonchev–Trinajstić information content (AvgIpc) is 2.74. The van der Waals surface area contributed by atoms with Crippen LogP contribution >= 0.6 is 27.5 Å². The lowest BCUT2D eigenvalue weighted by Gasteiger charge is -2.12. The molecule has 0 aliphatic rings. The van der Waals surface area contributed by atoms with E-state index in [2.05, 4.69) is 26.6 Å². The second kappa shape index (κ2) is 10.4. The van der Waals surface area contributed by atoms with Crippen molar-refractivity contribution in [2.24, 2.45) is 0 Å². The Morgan fingerprint density at radius 3 is 2.60 bits per heavy atom. The van der Waals surface area contributed by atoms with Crippen molar-refractivity contribution in [1.29, 1.82) is 0 Å². The number of anilines is 2. The lowest BCUT2D eigenvalue weighted by Crippen LogP contribution is -2.20. The molecule has 3 aromatic carbocycles. The Kier molecular flexibility index (Phi) is 7.60. The van der Waals surface area contributed by atoms with E-state index in [1.165, 1.54) is 0 Å². The van der Waals surface area contributed by atoms with Crippen molar-refractivity contribution >= 4 is 44.8 Å². The van der Waals surface area contributed by atoms with Crippen LogP contribution in [0.1, 0.15) is 11.1 Å². The minimum atomic E-state index is -0.270. The molecule has 0 heterocycles. The summed E-state index contributed by atoms with van der Waals surface area (Å²) in [6.07, 6.45) is 0. The summed E-state index contributed by atoms with van der Waals surface area (Å²) in [4.78, 5) is 12.2. The number of halogens is 2. The zero-order chi connectivity index (χ0) is 21.5. The number of rotatable bonds is 8. The number of carbonyl (C=O) groups is 1. The minimum Gasteiger partial charge on any atom is -0.495 e. The number of methoxy groups -OCH3 is 1. The van der Waals surface area contributed by atoms with Crippen molar-refractivity contribution < 1.29 is 14.3 Å². The van der Waals surface area contributed by atoms with E-state index in [1.807, 2.05) is 55.5 Å². The molecule has 156 valence electrons. The average molecular weight is 490 g/mol. The lowest BCUT2D eigenvalue weighted by molar-refractivity contribution is -0.118. The normalized spacial score (nSPS) is 10.4. The third kappa shape index (κ3) is 5.90. The smallest absolute Gasteiger partial charge is 0.262 e. The number of para-hydroxylation sites is 2. The van der Waals surface area contributed by atoms with Gasteiger partial charge in [-0.15, -0.1) is 0 Å². The maximum absolute atomic E-state index is 12.2. The fourth-order valence-electron chi connectivity index (χ4n) is 2.76. The van der Waals surface area contributed by atoms with E-state index in [4.69, 9.17) is 21.1 Å². The fourth-order valence-corrected chi connectivity index (χ4v) is 3.48. The minimum absolute atomic E-state index is 0.115. The molecule has 0 fully saturated rings. The molecule has 0 radical (unpaired) electrons. The molecule has 3 aromatic rings. The van der Waals surface area contributed by atoms with Gasteiger partial charge in [0.25, 0.3) is 5.91 Å². The Bertz CT molecular complexity index is 1040. The number of hydrogen-bond acceptors (Lipinski definition) is 4. The predicted molar refractivity (Wildman–Crippen MR) is 125 cm³/mol. The Morgan fingerprint density at radius 2 is 1.87 bits per heavy atom.